The second-order valence-corrected chi connectivity index (χ2v) is 10.5. The number of carbonyl (C=O) groups is 1. The van der Waals surface area contributed by atoms with Crippen LogP contribution in [0.15, 0.2) is 40.6 Å². The number of thiophene rings is 1. The van der Waals surface area contributed by atoms with Crippen molar-refractivity contribution >= 4 is 33.0 Å². The number of carbonyl (C=O) groups excluding carboxylic acids is 1. The van der Waals surface area contributed by atoms with Crippen LogP contribution in [0.4, 0.5) is 5.69 Å². The zero-order chi connectivity index (χ0) is 21.8. The minimum Gasteiger partial charge on any atom is -0.379 e. The maximum absolute atomic E-state index is 13.4. The van der Waals surface area contributed by atoms with Crippen molar-refractivity contribution in [2.24, 2.45) is 0 Å². The molecule has 1 amide bonds. The molecule has 2 aliphatic rings. The summed E-state index contributed by atoms with van der Waals surface area (Å²) in [6.07, 6.45) is 0. The van der Waals surface area contributed by atoms with E-state index in [9.17, 15) is 13.2 Å². The molecule has 0 N–H and O–H groups in total. The first kappa shape index (κ1) is 22.2. The first-order valence-corrected chi connectivity index (χ1v) is 12.6. The summed E-state index contributed by atoms with van der Waals surface area (Å²) in [5.41, 5.74) is 1.14. The molecular formula is C21H27N3O5S2. The van der Waals surface area contributed by atoms with Gasteiger partial charge in [0.2, 0.25) is 10.0 Å². The van der Waals surface area contributed by atoms with Gasteiger partial charge in [-0.3, -0.25) is 4.79 Å². The number of sulfonamides is 1. The van der Waals surface area contributed by atoms with Crippen LogP contribution in [0, 0.1) is 0 Å². The molecule has 0 spiro atoms. The number of amides is 1. The molecule has 0 radical (unpaired) electrons. The highest BCUT2D eigenvalue weighted by atomic mass is 32.2. The van der Waals surface area contributed by atoms with E-state index in [4.69, 9.17) is 9.47 Å². The van der Waals surface area contributed by atoms with Crippen LogP contribution in [0.3, 0.4) is 0 Å². The molecule has 0 bridgehead atoms. The summed E-state index contributed by atoms with van der Waals surface area (Å²) in [7, 11) is -1.96. The molecule has 2 aliphatic heterocycles. The lowest BCUT2D eigenvalue weighted by Gasteiger charge is -2.32. The van der Waals surface area contributed by atoms with Crippen molar-refractivity contribution in [2.45, 2.75) is 11.4 Å². The van der Waals surface area contributed by atoms with Gasteiger partial charge < -0.3 is 19.3 Å². The molecule has 0 aliphatic carbocycles. The van der Waals surface area contributed by atoms with Crippen molar-refractivity contribution in [2.75, 3.05) is 64.6 Å². The molecule has 3 heterocycles. The van der Waals surface area contributed by atoms with Crippen molar-refractivity contribution in [1.82, 2.24) is 9.21 Å². The zero-order valence-electron chi connectivity index (χ0n) is 17.5. The Bertz CT molecular complexity index is 998. The molecule has 168 valence electrons. The van der Waals surface area contributed by atoms with Gasteiger partial charge >= 0.3 is 0 Å². The van der Waals surface area contributed by atoms with Crippen LogP contribution in [-0.4, -0.2) is 83.2 Å². The van der Waals surface area contributed by atoms with Crippen molar-refractivity contribution in [3.8, 4) is 0 Å². The van der Waals surface area contributed by atoms with Gasteiger partial charge in [0.15, 0.2) is 0 Å². The minimum absolute atomic E-state index is 0.138. The SMILES string of the molecule is CN(Cc1cccs1)C(=O)c1cc(S(=O)(=O)N2CCOCC2)ccc1N1CCOCC1. The Hall–Kier alpha value is -1.98. The van der Waals surface area contributed by atoms with Gasteiger partial charge in [-0.2, -0.15) is 4.31 Å². The second-order valence-electron chi connectivity index (χ2n) is 7.54. The lowest BCUT2D eigenvalue weighted by atomic mass is 10.1. The van der Waals surface area contributed by atoms with E-state index in [0.29, 0.717) is 64.7 Å². The molecule has 31 heavy (non-hydrogen) atoms. The fourth-order valence-corrected chi connectivity index (χ4v) is 5.97. The van der Waals surface area contributed by atoms with Gasteiger partial charge in [-0.15, -0.1) is 11.3 Å². The van der Waals surface area contributed by atoms with Crippen LogP contribution < -0.4 is 4.90 Å². The van der Waals surface area contributed by atoms with Crippen molar-refractivity contribution < 1.29 is 22.7 Å². The van der Waals surface area contributed by atoms with Gasteiger partial charge in [-0.1, -0.05) is 6.07 Å². The van der Waals surface area contributed by atoms with Gasteiger partial charge in [-0.05, 0) is 29.6 Å². The first-order valence-electron chi connectivity index (χ1n) is 10.3. The van der Waals surface area contributed by atoms with E-state index in [1.165, 1.54) is 10.4 Å². The highest BCUT2D eigenvalue weighted by molar-refractivity contribution is 7.89. The van der Waals surface area contributed by atoms with Gasteiger partial charge in [0.1, 0.15) is 0 Å². The van der Waals surface area contributed by atoms with E-state index >= 15 is 0 Å². The summed E-state index contributed by atoms with van der Waals surface area (Å²) in [4.78, 5) is 18.4. The number of benzene rings is 1. The Morgan fingerprint density at radius 2 is 1.74 bits per heavy atom. The maximum atomic E-state index is 13.4. The van der Waals surface area contributed by atoms with E-state index < -0.39 is 10.0 Å². The average molecular weight is 466 g/mol. The van der Waals surface area contributed by atoms with Gasteiger partial charge in [0.05, 0.1) is 43.4 Å². The van der Waals surface area contributed by atoms with Crippen LogP contribution in [0.25, 0.3) is 0 Å². The summed E-state index contributed by atoms with van der Waals surface area (Å²) < 4.78 is 38.5. The monoisotopic (exact) mass is 465 g/mol. The molecule has 1 aromatic heterocycles. The molecule has 2 aromatic rings. The second kappa shape index (κ2) is 9.66. The third-order valence-electron chi connectivity index (χ3n) is 5.48. The van der Waals surface area contributed by atoms with Crippen LogP contribution >= 0.6 is 11.3 Å². The standard InChI is InChI=1S/C21H27N3O5S2/c1-22(16-17-3-2-14-30-17)21(25)19-15-18(31(26,27)24-8-12-29-13-9-24)4-5-20(19)23-6-10-28-11-7-23/h2-5,14-15H,6-13,16H2,1H3. The molecule has 0 atom stereocenters. The summed E-state index contributed by atoms with van der Waals surface area (Å²) in [6, 6.07) is 8.82. The predicted octanol–water partition coefficient (Wildman–Crippen LogP) is 1.88. The van der Waals surface area contributed by atoms with Gasteiger partial charge in [-0.25, -0.2) is 8.42 Å². The van der Waals surface area contributed by atoms with Gasteiger partial charge in [0.25, 0.3) is 5.91 Å². The zero-order valence-corrected chi connectivity index (χ0v) is 19.2. The first-order chi connectivity index (χ1) is 15.0. The summed E-state index contributed by atoms with van der Waals surface area (Å²) >= 11 is 1.59. The van der Waals surface area contributed by atoms with E-state index in [-0.39, 0.29) is 10.8 Å². The highest BCUT2D eigenvalue weighted by Crippen LogP contribution is 2.28. The number of hydrogen-bond donors (Lipinski definition) is 0. The third-order valence-corrected chi connectivity index (χ3v) is 8.23. The highest BCUT2D eigenvalue weighted by Gasteiger charge is 2.29. The van der Waals surface area contributed by atoms with Crippen LogP contribution in [0.2, 0.25) is 0 Å². The molecule has 10 heteroatoms. The quantitative estimate of drug-likeness (QED) is 0.648. The molecule has 4 rings (SSSR count). The fraction of sp³-hybridized carbons (Fsp3) is 0.476. The normalized spacial score (nSPS) is 18.2. The lowest BCUT2D eigenvalue weighted by molar-refractivity contribution is 0.0730. The Morgan fingerprint density at radius 1 is 1.06 bits per heavy atom. The molecular weight excluding hydrogens is 438 g/mol. The number of nitrogens with zero attached hydrogens (tertiary/aromatic N) is 3. The fourth-order valence-electron chi connectivity index (χ4n) is 3.78. The Balaban J connectivity index is 1.68. The summed E-state index contributed by atoms with van der Waals surface area (Å²) in [6.45, 7) is 4.32. The maximum Gasteiger partial charge on any atom is 0.256 e. The van der Waals surface area contributed by atoms with Crippen molar-refractivity contribution in [3.05, 3.63) is 46.2 Å². The molecule has 2 fully saturated rings. The number of hydrogen-bond acceptors (Lipinski definition) is 7. The molecule has 2 saturated heterocycles. The van der Waals surface area contributed by atoms with Crippen LogP contribution in [0.1, 0.15) is 15.2 Å². The van der Waals surface area contributed by atoms with E-state index in [0.717, 1.165) is 10.6 Å². The minimum atomic E-state index is -3.70. The van der Waals surface area contributed by atoms with Crippen molar-refractivity contribution in [1.29, 1.82) is 0 Å². The summed E-state index contributed by atoms with van der Waals surface area (Å²) in [5.74, 6) is -0.200. The van der Waals surface area contributed by atoms with Crippen LogP contribution in [0.5, 0.6) is 0 Å². The van der Waals surface area contributed by atoms with E-state index in [1.54, 1.807) is 35.4 Å². The lowest BCUT2D eigenvalue weighted by Crippen LogP contribution is -2.41. The molecule has 1 aromatic carbocycles. The Labute approximate surface area is 187 Å². The average Bonchev–Trinajstić information content (AvgIpc) is 3.32. The van der Waals surface area contributed by atoms with E-state index in [2.05, 4.69) is 4.90 Å². The number of ether oxygens (including phenoxy) is 2. The van der Waals surface area contributed by atoms with E-state index in [1.807, 2.05) is 17.5 Å². The van der Waals surface area contributed by atoms with Crippen molar-refractivity contribution in [3.63, 3.8) is 0 Å². The molecule has 0 unspecified atom stereocenters. The number of rotatable bonds is 6. The summed E-state index contributed by atoms with van der Waals surface area (Å²) in [5, 5.41) is 1.97. The Morgan fingerprint density at radius 3 is 2.39 bits per heavy atom. The van der Waals surface area contributed by atoms with Gasteiger partial charge in [0, 0.05) is 43.8 Å². The molecule has 0 saturated carbocycles. The smallest absolute Gasteiger partial charge is 0.256 e. The predicted molar refractivity (Wildman–Crippen MR) is 119 cm³/mol. The molecule has 8 nitrogen and oxygen atoms in total. The largest absolute Gasteiger partial charge is 0.379 e. The number of anilines is 1. The topological polar surface area (TPSA) is 79.4 Å². The number of morpholine rings is 2. The third kappa shape index (κ3) is 4.93. The Kier molecular flexibility index (Phi) is 6.92. The van der Waals surface area contributed by atoms with Crippen LogP contribution in [-0.2, 0) is 26.0 Å².